The van der Waals surface area contributed by atoms with Crippen molar-refractivity contribution in [2.75, 3.05) is 20.3 Å². The number of hydrogen-bond donors (Lipinski definition) is 1. The number of amides is 1. The van der Waals surface area contributed by atoms with Crippen LogP contribution in [0.15, 0.2) is 70.9 Å². The predicted molar refractivity (Wildman–Crippen MR) is 120 cm³/mol. The molecule has 0 spiro atoms. The van der Waals surface area contributed by atoms with Crippen LogP contribution in [0.4, 0.5) is 0 Å². The third-order valence-electron chi connectivity index (χ3n) is 4.76. The molecule has 0 atom stereocenters. The standard InChI is InChI=1S/C24H23N3O5/c1-16-14-22-26-24(28)21(23(25)27(22)32-16)15-17-4-6-19(7-5-17)30-12-3-13-31-20-10-8-18(29-2)9-11-20/h4-11,14-15,25H,3,12-13H2,1-2H3/b21-15-,25-23?. The van der Waals surface area contributed by atoms with E-state index in [9.17, 15) is 4.79 Å². The first kappa shape index (κ1) is 21.2. The van der Waals surface area contributed by atoms with Crippen LogP contribution >= 0.6 is 0 Å². The van der Waals surface area contributed by atoms with Gasteiger partial charge in [0.15, 0.2) is 11.7 Å². The van der Waals surface area contributed by atoms with Crippen molar-refractivity contribution in [1.82, 2.24) is 5.06 Å². The van der Waals surface area contributed by atoms with Gasteiger partial charge in [-0.05, 0) is 55.0 Å². The third-order valence-corrected chi connectivity index (χ3v) is 4.76. The lowest BCUT2D eigenvalue weighted by molar-refractivity contribution is -0.114. The number of nitrogens with zero attached hydrogens (tertiary/aromatic N) is 2. The molecule has 32 heavy (non-hydrogen) atoms. The normalized spacial score (nSPS) is 16.3. The molecule has 0 fully saturated rings. The first-order valence-electron chi connectivity index (χ1n) is 10.1. The highest BCUT2D eigenvalue weighted by Gasteiger charge is 2.34. The lowest BCUT2D eigenvalue weighted by atomic mass is 10.1. The largest absolute Gasteiger partial charge is 0.497 e. The van der Waals surface area contributed by atoms with Gasteiger partial charge in [0.2, 0.25) is 0 Å². The average Bonchev–Trinajstić information content (AvgIpc) is 3.18. The van der Waals surface area contributed by atoms with E-state index in [-0.39, 0.29) is 11.4 Å². The molecule has 0 aromatic heterocycles. The second-order valence-corrected chi connectivity index (χ2v) is 7.12. The summed E-state index contributed by atoms with van der Waals surface area (Å²) in [4.78, 5) is 21.7. The number of amidine groups is 2. The summed E-state index contributed by atoms with van der Waals surface area (Å²) < 4.78 is 16.6. The number of fused-ring (bicyclic) bond motifs is 1. The molecule has 0 saturated heterocycles. The molecule has 2 aromatic rings. The summed E-state index contributed by atoms with van der Waals surface area (Å²) in [5.41, 5.74) is 0.928. The molecule has 4 rings (SSSR count). The number of allylic oxidation sites excluding steroid dienone is 1. The van der Waals surface area contributed by atoms with Crippen LogP contribution in [0.5, 0.6) is 17.2 Å². The Morgan fingerprint density at radius 2 is 1.59 bits per heavy atom. The van der Waals surface area contributed by atoms with E-state index in [1.54, 1.807) is 26.2 Å². The zero-order valence-corrected chi connectivity index (χ0v) is 17.8. The molecule has 2 aromatic carbocycles. The molecule has 0 unspecified atom stereocenters. The minimum absolute atomic E-state index is 0.0368. The maximum absolute atomic E-state index is 12.3. The number of rotatable bonds is 8. The zero-order chi connectivity index (χ0) is 22.5. The van der Waals surface area contributed by atoms with E-state index in [4.69, 9.17) is 24.5 Å². The molecule has 1 amide bonds. The Kier molecular flexibility index (Phi) is 6.21. The number of hydroxylamine groups is 2. The SMILES string of the molecule is COc1ccc(OCCCOc2ccc(/C=C3/C(=N)N4OC(C)=CC4=NC3=O)cc2)cc1. The van der Waals surface area contributed by atoms with E-state index in [1.165, 1.54) is 5.06 Å². The minimum atomic E-state index is -0.465. The van der Waals surface area contributed by atoms with E-state index in [2.05, 4.69) is 4.99 Å². The van der Waals surface area contributed by atoms with Crippen molar-refractivity contribution in [3.8, 4) is 17.2 Å². The second kappa shape index (κ2) is 9.38. The maximum Gasteiger partial charge on any atom is 0.282 e. The van der Waals surface area contributed by atoms with E-state index in [1.807, 2.05) is 48.5 Å². The highest BCUT2D eigenvalue weighted by Crippen LogP contribution is 2.24. The molecule has 2 aliphatic rings. The molecule has 2 aliphatic heterocycles. The van der Waals surface area contributed by atoms with Crippen molar-refractivity contribution in [3.05, 3.63) is 71.5 Å². The van der Waals surface area contributed by atoms with Crippen LogP contribution in [0.2, 0.25) is 0 Å². The van der Waals surface area contributed by atoms with Crippen LogP contribution in [0.3, 0.4) is 0 Å². The number of benzene rings is 2. The zero-order valence-electron chi connectivity index (χ0n) is 17.8. The van der Waals surface area contributed by atoms with Crippen LogP contribution in [0, 0.1) is 5.41 Å². The molecule has 8 heteroatoms. The Morgan fingerprint density at radius 3 is 2.22 bits per heavy atom. The second-order valence-electron chi connectivity index (χ2n) is 7.12. The van der Waals surface area contributed by atoms with Crippen LogP contribution in [-0.4, -0.2) is 43.0 Å². The van der Waals surface area contributed by atoms with Crippen LogP contribution in [0.1, 0.15) is 18.9 Å². The Bertz CT molecular complexity index is 1100. The van der Waals surface area contributed by atoms with Gasteiger partial charge in [0.1, 0.15) is 23.0 Å². The number of methoxy groups -OCH3 is 1. The molecule has 0 radical (unpaired) electrons. The van der Waals surface area contributed by atoms with Gasteiger partial charge in [0.25, 0.3) is 5.91 Å². The molecule has 0 bridgehead atoms. The Labute approximate surface area is 185 Å². The topological polar surface area (TPSA) is 93.4 Å². The minimum Gasteiger partial charge on any atom is -0.497 e. The Balaban J connectivity index is 1.27. The summed E-state index contributed by atoms with van der Waals surface area (Å²) in [6.07, 6.45) is 3.97. The lowest BCUT2D eigenvalue weighted by Gasteiger charge is -2.22. The maximum atomic E-state index is 12.3. The molecular weight excluding hydrogens is 410 g/mol. The lowest BCUT2D eigenvalue weighted by Crippen LogP contribution is -2.38. The fourth-order valence-electron chi connectivity index (χ4n) is 3.14. The van der Waals surface area contributed by atoms with Crippen molar-refractivity contribution in [2.45, 2.75) is 13.3 Å². The summed E-state index contributed by atoms with van der Waals surface area (Å²) >= 11 is 0. The van der Waals surface area contributed by atoms with Gasteiger partial charge in [-0.1, -0.05) is 12.1 Å². The number of ether oxygens (including phenoxy) is 3. The summed E-state index contributed by atoms with van der Waals surface area (Å²) in [5, 5.41) is 9.50. The number of nitrogens with one attached hydrogen (secondary N) is 1. The van der Waals surface area contributed by atoms with Crippen LogP contribution in [0.25, 0.3) is 6.08 Å². The number of aliphatic imine (C=N–C) groups is 1. The van der Waals surface area contributed by atoms with Gasteiger partial charge >= 0.3 is 0 Å². The Hall–Kier alpha value is -4.07. The number of hydrogen-bond acceptors (Lipinski definition) is 6. The van der Waals surface area contributed by atoms with Crippen LogP contribution < -0.4 is 14.2 Å². The molecule has 1 N–H and O–H groups in total. The summed E-state index contributed by atoms with van der Waals surface area (Å²) in [5.74, 6) is 2.70. The molecule has 2 heterocycles. The molecule has 8 nitrogen and oxygen atoms in total. The van der Waals surface area contributed by atoms with Crippen molar-refractivity contribution in [2.24, 2.45) is 4.99 Å². The van der Waals surface area contributed by atoms with E-state index < -0.39 is 5.91 Å². The fraction of sp³-hybridized carbons (Fsp3) is 0.208. The van der Waals surface area contributed by atoms with Gasteiger partial charge in [-0.2, -0.15) is 4.99 Å². The first-order chi connectivity index (χ1) is 15.5. The first-order valence-corrected chi connectivity index (χ1v) is 10.1. The molecule has 0 saturated carbocycles. The van der Waals surface area contributed by atoms with Gasteiger partial charge in [-0.3, -0.25) is 10.2 Å². The van der Waals surface area contributed by atoms with E-state index in [0.717, 1.165) is 23.5 Å². The van der Waals surface area contributed by atoms with Gasteiger partial charge in [-0.15, -0.1) is 5.06 Å². The van der Waals surface area contributed by atoms with Gasteiger partial charge < -0.3 is 19.0 Å². The predicted octanol–water partition coefficient (Wildman–Crippen LogP) is 3.99. The van der Waals surface area contributed by atoms with Crippen LogP contribution in [-0.2, 0) is 9.63 Å². The number of carbonyl (C=O) groups is 1. The summed E-state index contributed by atoms with van der Waals surface area (Å²) in [6, 6.07) is 14.7. The summed E-state index contributed by atoms with van der Waals surface area (Å²) in [6.45, 7) is 2.79. The highest BCUT2D eigenvalue weighted by molar-refractivity contribution is 6.32. The fourth-order valence-corrected chi connectivity index (χ4v) is 3.14. The van der Waals surface area contributed by atoms with Crippen molar-refractivity contribution >= 4 is 23.7 Å². The van der Waals surface area contributed by atoms with E-state index in [0.29, 0.717) is 30.6 Å². The third kappa shape index (κ3) is 4.80. The monoisotopic (exact) mass is 433 g/mol. The van der Waals surface area contributed by atoms with Crippen molar-refractivity contribution in [3.63, 3.8) is 0 Å². The van der Waals surface area contributed by atoms with Gasteiger partial charge in [0, 0.05) is 12.5 Å². The number of carbonyl (C=O) groups excluding carboxylic acids is 1. The van der Waals surface area contributed by atoms with E-state index >= 15 is 0 Å². The molecule has 0 aliphatic carbocycles. The van der Waals surface area contributed by atoms with Crippen molar-refractivity contribution < 1.29 is 23.8 Å². The van der Waals surface area contributed by atoms with Crippen molar-refractivity contribution in [1.29, 1.82) is 5.41 Å². The average molecular weight is 433 g/mol. The summed E-state index contributed by atoms with van der Waals surface area (Å²) in [7, 11) is 1.63. The highest BCUT2D eigenvalue weighted by atomic mass is 16.7. The molecule has 164 valence electrons. The Morgan fingerprint density at radius 1 is 1.00 bits per heavy atom. The van der Waals surface area contributed by atoms with Gasteiger partial charge in [0.05, 0.1) is 25.9 Å². The molecular formula is C24H23N3O5. The van der Waals surface area contributed by atoms with Gasteiger partial charge in [-0.25, -0.2) is 0 Å². The smallest absolute Gasteiger partial charge is 0.282 e. The quantitative estimate of drug-likeness (QED) is 0.500.